The summed E-state index contributed by atoms with van der Waals surface area (Å²) in [5.41, 5.74) is 2.97. The summed E-state index contributed by atoms with van der Waals surface area (Å²) >= 11 is 0. The minimum Gasteiger partial charge on any atom is -0.339 e. The van der Waals surface area contributed by atoms with Crippen molar-refractivity contribution in [3.63, 3.8) is 0 Å². The summed E-state index contributed by atoms with van der Waals surface area (Å²) in [6.07, 6.45) is 2.59. The fourth-order valence-corrected chi connectivity index (χ4v) is 4.97. The molecule has 6 heteroatoms. The molecule has 0 atom stereocenters. The van der Waals surface area contributed by atoms with Gasteiger partial charge in [0.05, 0.1) is 4.90 Å². The van der Waals surface area contributed by atoms with Gasteiger partial charge >= 0.3 is 0 Å². The van der Waals surface area contributed by atoms with Gasteiger partial charge in [-0.25, -0.2) is 13.1 Å². The molecule has 0 saturated carbocycles. The Kier molecular flexibility index (Phi) is 7.22. The maximum absolute atomic E-state index is 12.6. The second-order valence-corrected chi connectivity index (χ2v) is 11.3. The average Bonchev–Trinajstić information content (AvgIpc) is 2.74. The molecule has 3 rings (SSSR count). The zero-order chi connectivity index (χ0) is 22.6. The van der Waals surface area contributed by atoms with Gasteiger partial charge in [-0.15, -0.1) is 0 Å². The van der Waals surface area contributed by atoms with Gasteiger partial charge in [0.2, 0.25) is 10.0 Å². The van der Waals surface area contributed by atoms with Crippen molar-refractivity contribution in [1.82, 2.24) is 9.62 Å². The van der Waals surface area contributed by atoms with Crippen LogP contribution in [0.2, 0.25) is 0 Å². The predicted molar refractivity (Wildman–Crippen MR) is 125 cm³/mol. The number of likely N-dealkylation sites (tertiary alicyclic amines) is 1. The average molecular weight is 443 g/mol. The Balaban J connectivity index is 1.46. The van der Waals surface area contributed by atoms with E-state index in [-0.39, 0.29) is 11.3 Å². The molecule has 5 nitrogen and oxygen atoms in total. The lowest BCUT2D eigenvalue weighted by molar-refractivity contribution is 0.0687. The molecule has 0 aliphatic carbocycles. The van der Waals surface area contributed by atoms with Crippen molar-refractivity contribution < 1.29 is 13.2 Å². The van der Waals surface area contributed by atoms with Gasteiger partial charge < -0.3 is 4.90 Å². The highest BCUT2D eigenvalue weighted by Crippen LogP contribution is 2.24. The van der Waals surface area contributed by atoms with Crippen molar-refractivity contribution in [2.24, 2.45) is 5.92 Å². The topological polar surface area (TPSA) is 66.5 Å². The third-order valence-corrected chi connectivity index (χ3v) is 7.55. The molecule has 0 aromatic heterocycles. The number of hydrogen-bond acceptors (Lipinski definition) is 3. The van der Waals surface area contributed by atoms with Crippen LogP contribution in [0.15, 0.2) is 53.4 Å². The standard InChI is InChI=1S/C25H34N2O3S/c1-19-5-7-21(8-6-19)24(28)27-17-14-20(15-18-27)13-16-26-31(29,30)23-11-9-22(10-12-23)25(2,3)4/h5-12,20,26H,13-18H2,1-4H3. The number of carbonyl (C=O) groups excluding carboxylic acids is 1. The summed E-state index contributed by atoms with van der Waals surface area (Å²) in [5.74, 6) is 0.505. The molecule has 2 aromatic rings. The largest absolute Gasteiger partial charge is 0.339 e. The first-order chi connectivity index (χ1) is 14.6. The number of aryl methyl sites for hydroxylation is 1. The van der Waals surface area contributed by atoms with Gasteiger partial charge in [0, 0.05) is 25.2 Å². The molecule has 2 aromatic carbocycles. The van der Waals surface area contributed by atoms with Gasteiger partial charge in [0.25, 0.3) is 5.91 Å². The van der Waals surface area contributed by atoms with Crippen LogP contribution in [0.25, 0.3) is 0 Å². The van der Waals surface area contributed by atoms with Crippen LogP contribution in [0.5, 0.6) is 0 Å². The number of rotatable bonds is 6. The lowest BCUT2D eigenvalue weighted by Gasteiger charge is -2.32. The molecule has 0 bridgehead atoms. The Hall–Kier alpha value is -2.18. The van der Waals surface area contributed by atoms with Crippen molar-refractivity contribution in [2.75, 3.05) is 19.6 Å². The van der Waals surface area contributed by atoms with Crippen LogP contribution < -0.4 is 4.72 Å². The van der Waals surface area contributed by atoms with Crippen LogP contribution >= 0.6 is 0 Å². The molecule has 1 aliphatic heterocycles. The highest BCUT2D eigenvalue weighted by atomic mass is 32.2. The van der Waals surface area contributed by atoms with E-state index in [0.29, 0.717) is 17.4 Å². The van der Waals surface area contributed by atoms with E-state index in [1.807, 2.05) is 48.2 Å². The number of hydrogen-bond donors (Lipinski definition) is 1. The summed E-state index contributed by atoms with van der Waals surface area (Å²) in [4.78, 5) is 14.8. The molecule has 1 amide bonds. The molecule has 1 heterocycles. The molecule has 0 radical (unpaired) electrons. The van der Waals surface area contributed by atoms with Crippen LogP contribution in [-0.2, 0) is 15.4 Å². The molecule has 1 N–H and O–H groups in total. The van der Waals surface area contributed by atoms with Crippen molar-refractivity contribution in [2.45, 2.75) is 57.3 Å². The minimum absolute atomic E-state index is 0.00851. The lowest BCUT2D eigenvalue weighted by atomic mass is 9.87. The van der Waals surface area contributed by atoms with E-state index in [0.717, 1.165) is 49.0 Å². The Morgan fingerprint density at radius 3 is 2.13 bits per heavy atom. The lowest BCUT2D eigenvalue weighted by Crippen LogP contribution is -2.39. The van der Waals surface area contributed by atoms with Crippen molar-refractivity contribution in [1.29, 1.82) is 0 Å². The first-order valence-corrected chi connectivity index (χ1v) is 12.5. The molecule has 1 fully saturated rings. The van der Waals surface area contributed by atoms with Gasteiger partial charge in [-0.1, -0.05) is 50.6 Å². The van der Waals surface area contributed by atoms with Gasteiger partial charge in [-0.3, -0.25) is 4.79 Å². The molecular weight excluding hydrogens is 408 g/mol. The summed E-state index contributed by atoms with van der Waals surface area (Å²) in [6, 6.07) is 14.8. The quantitative estimate of drug-likeness (QED) is 0.716. The van der Waals surface area contributed by atoms with Gasteiger partial charge in [-0.05, 0) is 67.3 Å². The second kappa shape index (κ2) is 9.53. The highest BCUT2D eigenvalue weighted by molar-refractivity contribution is 7.89. The predicted octanol–water partition coefficient (Wildman–Crippen LogP) is 4.51. The van der Waals surface area contributed by atoms with E-state index in [9.17, 15) is 13.2 Å². The van der Waals surface area contributed by atoms with Gasteiger partial charge in [-0.2, -0.15) is 0 Å². The molecule has 1 aliphatic rings. The zero-order valence-electron chi connectivity index (χ0n) is 19.0. The summed E-state index contributed by atoms with van der Waals surface area (Å²) in [5, 5.41) is 0. The maximum Gasteiger partial charge on any atom is 0.253 e. The number of nitrogens with one attached hydrogen (secondary N) is 1. The van der Waals surface area contributed by atoms with Crippen LogP contribution in [0.3, 0.4) is 0 Å². The Bertz CT molecular complexity index is 983. The van der Waals surface area contributed by atoms with E-state index in [2.05, 4.69) is 25.5 Å². The second-order valence-electron chi connectivity index (χ2n) is 9.56. The van der Waals surface area contributed by atoms with E-state index in [4.69, 9.17) is 0 Å². The molecule has 168 valence electrons. The number of piperidine rings is 1. The van der Waals surface area contributed by atoms with Gasteiger partial charge in [0.15, 0.2) is 0 Å². The monoisotopic (exact) mass is 442 g/mol. The smallest absolute Gasteiger partial charge is 0.253 e. The molecular formula is C25H34N2O3S. The molecule has 0 spiro atoms. The Morgan fingerprint density at radius 1 is 1.00 bits per heavy atom. The number of carbonyl (C=O) groups is 1. The molecule has 31 heavy (non-hydrogen) atoms. The first-order valence-electron chi connectivity index (χ1n) is 11.0. The highest BCUT2D eigenvalue weighted by Gasteiger charge is 2.24. The van der Waals surface area contributed by atoms with E-state index in [1.165, 1.54) is 0 Å². The van der Waals surface area contributed by atoms with E-state index in [1.54, 1.807) is 12.1 Å². The van der Waals surface area contributed by atoms with Crippen molar-refractivity contribution in [3.05, 3.63) is 65.2 Å². The summed E-state index contributed by atoms with van der Waals surface area (Å²) in [6.45, 7) is 10.2. The molecule has 0 unspecified atom stereocenters. The maximum atomic E-state index is 12.6. The normalized spacial score (nSPS) is 15.8. The van der Waals surface area contributed by atoms with Crippen LogP contribution in [0.1, 0.15) is 61.5 Å². The van der Waals surface area contributed by atoms with Crippen LogP contribution in [0.4, 0.5) is 0 Å². The third kappa shape index (κ3) is 6.17. The SMILES string of the molecule is Cc1ccc(C(=O)N2CCC(CCNS(=O)(=O)c3ccc(C(C)(C)C)cc3)CC2)cc1. The fraction of sp³-hybridized carbons (Fsp3) is 0.480. The van der Waals surface area contributed by atoms with Crippen LogP contribution in [0, 0.1) is 12.8 Å². The first kappa shape index (κ1) is 23.5. The summed E-state index contributed by atoms with van der Waals surface area (Å²) < 4.78 is 27.9. The van der Waals surface area contributed by atoms with Crippen molar-refractivity contribution in [3.8, 4) is 0 Å². The third-order valence-electron chi connectivity index (χ3n) is 6.08. The van der Waals surface area contributed by atoms with E-state index >= 15 is 0 Å². The van der Waals surface area contributed by atoms with Gasteiger partial charge in [0.1, 0.15) is 0 Å². The zero-order valence-corrected chi connectivity index (χ0v) is 19.8. The minimum atomic E-state index is -3.50. The van der Waals surface area contributed by atoms with Crippen LogP contribution in [-0.4, -0.2) is 38.9 Å². The number of benzene rings is 2. The molecule has 1 saturated heterocycles. The van der Waals surface area contributed by atoms with E-state index < -0.39 is 10.0 Å². The number of sulfonamides is 1. The van der Waals surface area contributed by atoms with Crippen molar-refractivity contribution >= 4 is 15.9 Å². The number of amides is 1. The Labute approximate surface area is 186 Å². The fourth-order valence-electron chi connectivity index (χ4n) is 3.92. The number of nitrogens with zero attached hydrogens (tertiary/aromatic N) is 1. The summed E-state index contributed by atoms with van der Waals surface area (Å²) in [7, 11) is -3.50. The Morgan fingerprint density at radius 2 is 1.58 bits per heavy atom.